The van der Waals surface area contributed by atoms with Gasteiger partial charge in [0.05, 0.1) is 16.6 Å². The zero-order chi connectivity index (χ0) is 10.8. The number of rotatable bonds is 4. The molecule has 0 saturated heterocycles. The van der Waals surface area contributed by atoms with Crippen LogP contribution in [0.15, 0.2) is 22.7 Å². The van der Waals surface area contributed by atoms with Crippen molar-refractivity contribution in [2.75, 3.05) is 6.61 Å². The molecule has 0 heterocycles. The molecule has 1 fully saturated rings. The molecular weight excluding hydrogens is 260 g/mol. The maximum atomic E-state index is 10.7. The first kappa shape index (κ1) is 10.5. The van der Waals surface area contributed by atoms with Gasteiger partial charge in [-0.3, -0.25) is 0 Å². The predicted molar refractivity (Wildman–Crippen MR) is 59.3 cm³/mol. The second-order valence-electron chi connectivity index (χ2n) is 3.70. The topological polar surface area (TPSA) is 46.5 Å². The Morgan fingerprint density at radius 1 is 1.53 bits per heavy atom. The van der Waals surface area contributed by atoms with Gasteiger partial charge in [-0.1, -0.05) is 0 Å². The highest BCUT2D eigenvalue weighted by atomic mass is 79.9. The Morgan fingerprint density at radius 2 is 2.27 bits per heavy atom. The molecule has 1 aromatic carbocycles. The lowest BCUT2D eigenvalue weighted by Crippen LogP contribution is -2.01. The predicted octanol–water partition coefficient (Wildman–Crippen LogP) is 2.94. The Kier molecular flexibility index (Phi) is 2.95. The summed E-state index contributed by atoms with van der Waals surface area (Å²) in [4.78, 5) is 10.7. The van der Waals surface area contributed by atoms with Crippen molar-refractivity contribution >= 4 is 21.9 Å². The van der Waals surface area contributed by atoms with Gasteiger partial charge in [0.15, 0.2) is 0 Å². The molecule has 15 heavy (non-hydrogen) atoms. The highest BCUT2D eigenvalue weighted by molar-refractivity contribution is 9.10. The molecule has 4 heteroatoms. The van der Waals surface area contributed by atoms with Crippen LogP contribution in [0.25, 0.3) is 0 Å². The van der Waals surface area contributed by atoms with E-state index in [1.54, 1.807) is 18.2 Å². The monoisotopic (exact) mass is 270 g/mol. The van der Waals surface area contributed by atoms with Gasteiger partial charge < -0.3 is 9.84 Å². The zero-order valence-corrected chi connectivity index (χ0v) is 9.66. The summed E-state index contributed by atoms with van der Waals surface area (Å²) >= 11 is 3.30. The highest BCUT2D eigenvalue weighted by Crippen LogP contribution is 2.32. The van der Waals surface area contributed by atoms with E-state index < -0.39 is 5.97 Å². The Labute approximate surface area is 96.2 Å². The molecule has 1 N–H and O–H groups in total. The number of halogens is 1. The van der Waals surface area contributed by atoms with Crippen molar-refractivity contribution in [1.82, 2.24) is 0 Å². The van der Waals surface area contributed by atoms with E-state index in [0.717, 1.165) is 6.61 Å². The van der Waals surface area contributed by atoms with Crippen LogP contribution in [0.2, 0.25) is 0 Å². The van der Waals surface area contributed by atoms with Crippen LogP contribution in [0.5, 0.6) is 5.75 Å². The van der Waals surface area contributed by atoms with Gasteiger partial charge in [-0.15, -0.1) is 0 Å². The van der Waals surface area contributed by atoms with E-state index in [1.165, 1.54) is 12.8 Å². The summed E-state index contributed by atoms with van der Waals surface area (Å²) in [5, 5.41) is 8.77. The number of ether oxygens (including phenoxy) is 1. The Balaban J connectivity index is 2.07. The average Bonchev–Trinajstić information content (AvgIpc) is 2.99. The molecule has 0 radical (unpaired) electrons. The minimum Gasteiger partial charge on any atom is -0.492 e. The van der Waals surface area contributed by atoms with Crippen LogP contribution >= 0.6 is 15.9 Å². The summed E-state index contributed by atoms with van der Waals surface area (Å²) in [6.07, 6.45) is 2.48. The number of carboxylic acids is 1. The van der Waals surface area contributed by atoms with Crippen molar-refractivity contribution in [2.24, 2.45) is 5.92 Å². The Morgan fingerprint density at radius 3 is 2.80 bits per heavy atom. The number of hydrogen-bond acceptors (Lipinski definition) is 2. The molecule has 0 aliphatic heterocycles. The lowest BCUT2D eigenvalue weighted by molar-refractivity contribution is 0.0697. The number of hydrogen-bond donors (Lipinski definition) is 1. The van der Waals surface area contributed by atoms with Gasteiger partial charge in [0.2, 0.25) is 0 Å². The molecule has 3 nitrogen and oxygen atoms in total. The lowest BCUT2D eigenvalue weighted by atomic mass is 10.2. The van der Waals surface area contributed by atoms with Crippen LogP contribution in [0, 0.1) is 5.92 Å². The smallest absolute Gasteiger partial charge is 0.335 e. The maximum Gasteiger partial charge on any atom is 0.335 e. The molecule has 0 bridgehead atoms. The molecule has 1 aromatic rings. The fourth-order valence-corrected chi connectivity index (χ4v) is 1.74. The first-order valence-electron chi connectivity index (χ1n) is 4.82. The van der Waals surface area contributed by atoms with Gasteiger partial charge in [-0.05, 0) is 52.9 Å². The van der Waals surface area contributed by atoms with E-state index in [1.807, 2.05) is 0 Å². The molecule has 0 unspecified atom stereocenters. The van der Waals surface area contributed by atoms with Gasteiger partial charge in [0.25, 0.3) is 0 Å². The summed E-state index contributed by atoms with van der Waals surface area (Å²) in [5.41, 5.74) is 0.264. The first-order chi connectivity index (χ1) is 7.16. The summed E-state index contributed by atoms with van der Waals surface area (Å²) in [6, 6.07) is 4.80. The molecule has 1 saturated carbocycles. The van der Waals surface area contributed by atoms with Crippen molar-refractivity contribution in [3.63, 3.8) is 0 Å². The lowest BCUT2D eigenvalue weighted by Gasteiger charge is -2.07. The minimum absolute atomic E-state index is 0.264. The van der Waals surface area contributed by atoms with Crippen LogP contribution in [-0.4, -0.2) is 17.7 Å². The summed E-state index contributed by atoms with van der Waals surface area (Å²) in [7, 11) is 0. The van der Waals surface area contributed by atoms with Crippen molar-refractivity contribution in [2.45, 2.75) is 12.8 Å². The summed E-state index contributed by atoms with van der Waals surface area (Å²) in [5.74, 6) is 0.479. The first-order valence-corrected chi connectivity index (χ1v) is 5.62. The number of aromatic carboxylic acids is 1. The molecule has 0 amide bonds. The largest absolute Gasteiger partial charge is 0.492 e. The van der Waals surface area contributed by atoms with Gasteiger partial charge >= 0.3 is 5.97 Å². The van der Waals surface area contributed by atoms with E-state index in [-0.39, 0.29) is 5.56 Å². The quantitative estimate of drug-likeness (QED) is 0.915. The Bertz CT molecular complexity index is 385. The normalized spacial score (nSPS) is 15.0. The third-order valence-corrected chi connectivity index (χ3v) is 2.97. The van der Waals surface area contributed by atoms with Crippen molar-refractivity contribution in [3.05, 3.63) is 28.2 Å². The van der Waals surface area contributed by atoms with Crippen LogP contribution in [0.4, 0.5) is 0 Å². The molecule has 0 atom stereocenters. The maximum absolute atomic E-state index is 10.7. The van der Waals surface area contributed by atoms with Crippen LogP contribution in [-0.2, 0) is 0 Å². The highest BCUT2D eigenvalue weighted by Gasteiger charge is 2.22. The van der Waals surface area contributed by atoms with E-state index in [2.05, 4.69) is 15.9 Å². The molecule has 2 rings (SSSR count). The van der Waals surface area contributed by atoms with Crippen molar-refractivity contribution in [1.29, 1.82) is 0 Å². The van der Waals surface area contributed by atoms with E-state index in [4.69, 9.17) is 9.84 Å². The fraction of sp³-hybridized carbons (Fsp3) is 0.364. The third kappa shape index (κ3) is 2.72. The fourth-order valence-electron chi connectivity index (χ4n) is 1.24. The third-order valence-electron chi connectivity index (χ3n) is 2.35. The van der Waals surface area contributed by atoms with Gasteiger partial charge in [0, 0.05) is 0 Å². The summed E-state index contributed by atoms with van der Waals surface area (Å²) < 4.78 is 6.25. The minimum atomic E-state index is -0.926. The van der Waals surface area contributed by atoms with Crippen LogP contribution in [0.1, 0.15) is 23.2 Å². The molecular formula is C11H11BrO3. The van der Waals surface area contributed by atoms with Gasteiger partial charge in [0.1, 0.15) is 5.75 Å². The zero-order valence-electron chi connectivity index (χ0n) is 8.07. The van der Waals surface area contributed by atoms with Crippen molar-refractivity contribution < 1.29 is 14.6 Å². The molecule has 80 valence electrons. The molecule has 0 spiro atoms. The molecule has 0 aromatic heterocycles. The number of benzene rings is 1. The second kappa shape index (κ2) is 4.23. The average molecular weight is 271 g/mol. The Hall–Kier alpha value is -1.03. The number of carboxylic acid groups (broad SMARTS) is 1. The van der Waals surface area contributed by atoms with Crippen LogP contribution in [0.3, 0.4) is 0 Å². The SMILES string of the molecule is O=C(O)c1ccc(OCC2CC2)c(Br)c1. The van der Waals surface area contributed by atoms with Crippen molar-refractivity contribution in [3.8, 4) is 5.75 Å². The molecule has 1 aliphatic rings. The van der Waals surface area contributed by atoms with E-state index in [9.17, 15) is 4.79 Å². The number of carbonyl (C=O) groups is 1. The van der Waals surface area contributed by atoms with E-state index >= 15 is 0 Å². The molecule has 1 aliphatic carbocycles. The van der Waals surface area contributed by atoms with E-state index in [0.29, 0.717) is 16.1 Å². The van der Waals surface area contributed by atoms with Gasteiger partial charge in [-0.25, -0.2) is 4.79 Å². The summed E-state index contributed by atoms with van der Waals surface area (Å²) in [6.45, 7) is 0.727. The second-order valence-corrected chi connectivity index (χ2v) is 4.56. The van der Waals surface area contributed by atoms with Crippen LogP contribution < -0.4 is 4.74 Å². The van der Waals surface area contributed by atoms with Gasteiger partial charge in [-0.2, -0.15) is 0 Å². The standard InChI is InChI=1S/C11H11BrO3/c12-9-5-8(11(13)14)3-4-10(9)15-6-7-1-2-7/h3-5,7H,1-2,6H2,(H,13,14).